The fraction of sp³-hybridized carbons (Fsp3) is 0.536. The van der Waals surface area contributed by atoms with Crippen molar-refractivity contribution < 1.29 is 19.7 Å². The quantitative estimate of drug-likeness (QED) is 0.493. The topological polar surface area (TPSA) is 66.8 Å². The molecule has 1 aliphatic carbocycles. The second kappa shape index (κ2) is 9.44. The number of aliphatic hydroxyl groups is 2. The lowest BCUT2D eigenvalue weighted by atomic mass is 9.86. The largest absolute Gasteiger partial charge is 0.507 e. The number of ketones is 1. The molecule has 0 amide bonds. The fourth-order valence-electron chi connectivity index (χ4n) is 6.05. The number of rotatable bonds is 1. The van der Waals surface area contributed by atoms with Gasteiger partial charge >= 0.3 is 0 Å². The minimum Gasteiger partial charge on any atom is -0.507 e. The Balaban J connectivity index is 1.64. The van der Waals surface area contributed by atoms with Gasteiger partial charge in [0.1, 0.15) is 11.5 Å². The number of hydrogen-bond acceptors (Lipinski definition) is 4. The third kappa shape index (κ3) is 4.24. The highest BCUT2D eigenvalue weighted by Gasteiger charge is 2.53. The van der Waals surface area contributed by atoms with Crippen LogP contribution in [-0.2, 0) is 9.53 Å². The molecular weight excluding hydrogens is 432 g/mol. The molecule has 2 heterocycles. The van der Waals surface area contributed by atoms with E-state index in [0.29, 0.717) is 25.0 Å². The third-order valence-corrected chi connectivity index (χ3v) is 11.8. The molecule has 2 N–H and O–H groups in total. The molecule has 0 radical (unpaired) electrons. The molecule has 1 fully saturated rings. The van der Waals surface area contributed by atoms with Gasteiger partial charge in [0.25, 0.3) is 0 Å². The van der Waals surface area contributed by atoms with E-state index in [0.717, 1.165) is 29.1 Å². The predicted octanol–water partition coefficient (Wildman–Crippen LogP) is 6.01. The molecule has 2 aliphatic heterocycles. The van der Waals surface area contributed by atoms with Crippen LogP contribution in [0.4, 0.5) is 0 Å². The van der Waals surface area contributed by atoms with Gasteiger partial charge in [0, 0.05) is 34.3 Å². The van der Waals surface area contributed by atoms with E-state index in [1.165, 1.54) is 4.90 Å². The van der Waals surface area contributed by atoms with Crippen molar-refractivity contribution in [3.8, 4) is 0 Å². The molecule has 0 saturated heterocycles. The lowest BCUT2D eigenvalue weighted by molar-refractivity contribution is -0.130. The minimum absolute atomic E-state index is 0.0545. The summed E-state index contributed by atoms with van der Waals surface area (Å²) < 4.78 is 5.80. The maximum absolute atomic E-state index is 13.2. The summed E-state index contributed by atoms with van der Waals surface area (Å²) in [6, 6.07) is 8.22. The van der Waals surface area contributed by atoms with Gasteiger partial charge in [0.15, 0.2) is 0 Å². The van der Waals surface area contributed by atoms with Gasteiger partial charge in [-0.2, -0.15) is 10.0 Å². The first-order valence-electron chi connectivity index (χ1n) is 12.1. The van der Waals surface area contributed by atoms with E-state index >= 15 is 0 Å². The molecular formula is C28H38O4S. The summed E-state index contributed by atoms with van der Waals surface area (Å²) in [7, 11) is 0.374. The number of carbonyl (C=O) groups excluding carboxylic acids is 1. The van der Waals surface area contributed by atoms with Gasteiger partial charge in [-0.25, -0.2) is 0 Å². The standard InChI is InChI=1S/C28H38O4S/c1-28(2)26(31)20-11-7-5-6-10-18-33(4)23-13-9-8-12-22(23)25(30)24(33)17-15-19(29)14-16-21(20)27(28)32-3/h5,7-9,12-14,16,19-21,27,29-30H,6,10-11,15,17-18H2,1-4H3/b7-5-,16-14+/t19?,20-,21-,27+/m1/s1. The zero-order chi connectivity index (χ0) is 23.8. The van der Waals surface area contributed by atoms with Crippen LogP contribution in [0, 0.1) is 17.3 Å². The van der Waals surface area contributed by atoms with Crippen molar-refractivity contribution in [1.82, 2.24) is 0 Å². The van der Waals surface area contributed by atoms with Crippen LogP contribution in [0.2, 0.25) is 0 Å². The number of ether oxygens (including phenoxy) is 1. The van der Waals surface area contributed by atoms with E-state index in [-0.39, 0.29) is 23.7 Å². The molecule has 2 unspecified atom stereocenters. The summed E-state index contributed by atoms with van der Waals surface area (Å²) in [6.45, 7) is 3.94. The summed E-state index contributed by atoms with van der Waals surface area (Å²) in [5.74, 6) is 1.49. The van der Waals surface area contributed by atoms with Crippen molar-refractivity contribution in [1.29, 1.82) is 0 Å². The van der Waals surface area contributed by atoms with E-state index in [2.05, 4.69) is 30.5 Å². The van der Waals surface area contributed by atoms with Gasteiger partial charge in [0.05, 0.1) is 17.6 Å². The van der Waals surface area contributed by atoms with Crippen LogP contribution >= 0.6 is 10.0 Å². The van der Waals surface area contributed by atoms with Crippen molar-refractivity contribution in [2.75, 3.05) is 19.1 Å². The summed E-state index contributed by atoms with van der Waals surface area (Å²) in [6.07, 6.45) is 13.6. The molecule has 1 aromatic rings. The zero-order valence-electron chi connectivity index (χ0n) is 20.3. The van der Waals surface area contributed by atoms with E-state index in [4.69, 9.17) is 4.74 Å². The van der Waals surface area contributed by atoms with Crippen molar-refractivity contribution in [3.05, 3.63) is 59.0 Å². The molecule has 0 aromatic heterocycles. The lowest BCUT2D eigenvalue weighted by Gasteiger charge is -2.36. The highest BCUT2D eigenvalue weighted by molar-refractivity contribution is 8.36. The highest BCUT2D eigenvalue weighted by atomic mass is 32.3. The van der Waals surface area contributed by atoms with Crippen LogP contribution < -0.4 is 0 Å². The Morgan fingerprint density at radius 1 is 1.15 bits per heavy atom. The number of methoxy groups -OCH3 is 1. The predicted molar refractivity (Wildman–Crippen MR) is 137 cm³/mol. The summed E-state index contributed by atoms with van der Waals surface area (Å²) in [5.41, 5.74) is 0.417. The second-order valence-corrected chi connectivity index (χ2v) is 13.8. The third-order valence-electron chi connectivity index (χ3n) is 7.89. The fourth-order valence-corrected chi connectivity index (χ4v) is 9.66. The average Bonchev–Trinajstić information content (AvgIpc) is 3.11. The molecule has 180 valence electrons. The summed E-state index contributed by atoms with van der Waals surface area (Å²) in [5, 5.41) is 21.9. The van der Waals surface area contributed by atoms with Gasteiger partial charge in [-0.05, 0) is 50.2 Å². The number of fused-ring (bicyclic) bond motifs is 4. The molecule has 1 saturated carbocycles. The first-order valence-corrected chi connectivity index (χ1v) is 14.3. The highest BCUT2D eigenvalue weighted by Crippen LogP contribution is 2.68. The summed E-state index contributed by atoms with van der Waals surface area (Å²) in [4.78, 5) is 15.6. The minimum atomic E-state index is -1.30. The number of carbonyl (C=O) groups is 1. The van der Waals surface area contributed by atoms with Gasteiger partial charge < -0.3 is 14.9 Å². The smallest absolute Gasteiger partial charge is 0.145 e. The molecule has 0 spiro atoms. The molecule has 1 aromatic carbocycles. The van der Waals surface area contributed by atoms with Crippen LogP contribution in [0.25, 0.3) is 5.76 Å². The van der Waals surface area contributed by atoms with Crippen LogP contribution in [0.5, 0.6) is 0 Å². The van der Waals surface area contributed by atoms with E-state index in [1.807, 2.05) is 38.1 Å². The monoisotopic (exact) mass is 470 g/mol. The second-order valence-electron chi connectivity index (χ2n) is 10.3. The van der Waals surface area contributed by atoms with Gasteiger partial charge in [-0.15, -0.1) is 0 Å². The Hall–Kier alpha value is -1.82. The van der Waals surface area contributed by atoms with Gasteiger partial charge in [-0.3, -0.25) is 4.79 Å². The van der Waals surface area contributed by atoms with Crippen LogP contribution in [0.3, 0.4) is 0 Å². The molecule has 3 aliphatic rings. The van der Waals surface area contributed by atoms with Crippen molar-refractivity contribution in [2.45, 2.75) is 63.1 Å². The molecule has 5 heteroatoms. The first kappa shape index (κ1) is 24.3. The Morgan fingerprint density at radius 2 is 1.91 bits per heavy atom. The molecule has 4 rings (SSSR count). The molecule has 0 bridgehead atoms. The molecule has 4 nitrogen and oxygen atoms in total. The zero-order valence-corrected chi connectivity index (χ0v) is 21.1. The molecule has 5 atom stereocenters. The first-order chi connectivity index (χ1) is 15.7. The average molecular weight is 471 g/mol. The van der Waals surface area contributed by atoms with Gasteiger partial charge in [0.2, 0.25) is 0 Å². The van der Waals surface area contributed by atoms with Crippen molar-refractivity contribution in [3.63, 3.8) is 0 Å². The lowest BCUT2D eigenvalue weighted by Crippen LogP contribution is -2.33. The Bertz CT molecular complexity index is 991. The number of hydrogen-bond donors (Lipinski definition) is 2. The Kier molecular flexibility index (Phi) is 6.95. The molecule has 33 heavy (non-hydrogen) atoms. The van der Waals surface area contributed by atoms with Gasteiger partial charge in [-0.1, -0.05) is 56.4 Å². The number of allylic oxidation sites excluding steroid dienone is 3. The SMILES string of the molecule is CO[C@H]1[C@@H]2/C=C/C(O)CCC3=C(O)c4ccccc4S3(C)CCC/C=C\C[C@H]2C(=O)C1(C)C. The number of benzene rings is 1. The van der Waals surface area contributed by atoms with E-state index in [9.17, 15) is 15.0 Å². The number of Topliss-reactive ketones (excluding diaryl/α,β-unsaturated/α-hetero) is 1. The number of aliphatic hydroxyl groups excluding tert-OH is 2. The maximum Gasteiger partial charge on any atom is 0.145 e. The maximum atomic E-state index is 13.2. The Labute approximate surface area is 199 Å². The van der Waals surface area contributed by atoms with Crippen LogP contribution in [0.15, 0.2) is 58.4 Å². The van der Waals surface area contributed by atoms with Crippen molar-refractivity contribution >= 4 is 21.6 Å². The summed E-state index contributed by atoms with van der Waals surface area (Å²) >= 11 is 0. The van der Waals surface area contributed by atoms with Crippen molar-refractivity contribution in [2.24, 2.45) is 17.3 Å². The van der Waals surface area contributed by atoms with Crippen LogP contribution in [-0.4, -0.2) is 47.3 Å². The normalized spacial score (nSPS) is 38.3. The Morgan fingerprint density at radius 3 is 2.67 bits per heavy atom. The van der Waals surface area contributed by atoms with E-state index in [1.54, 1.807) is 7.11 Å². The van der Waals surface area contributed by atoms with Crippen LogP contribution in [0.1, 0.15) is 51.5 Å². The van der Waals surface area contributed by atoms with E-state index < -0.39 is 21.5 Å².